The molecule has 2 heterocycles. The number of nitrogens with one attached hydrogen (secondary N) is 1. The van der Waals surface area contributed by atoms with E-state index in [2.05, 4.69) is 15.0 Å². The number of hydrogen-bond acceptors (Lipinski definition) is 6. The molecule has 1 aliphatic rings. The molecule has 3 N–H and O–H groups in total. The number of amidine groups is 1. The molecular formula is C10H11N5O2S. The van der Waals surface area contributed by atoms with Gasteiger partial charge in [0.2, 0.25) is 12.4 Å². The molecule has 0 radical (unpaired) electrons. The minimum atomic E-state index is -0.0290. The smallest absolute Gasteiger partial charge is 0.235 e. The van der Waals surface area contributed by atoms with E-state index in [0.717, 1.165) is 16.7 Å². The number of amides is 1. The fourth-order valence-corrected chi connectivity index (χ4v) is 2.04. The summed E-state index contributed by atoms with van der Waals surface area (Å²) in [5.41, 5.74) is 5.50. The summed E-state index contributed by atoms with van der Waals surface area (Å²) < 4.78 is 0. The number of anilines is 1. The van der Waals surface area contributed by atoms with Gasteiger partial charge in [0.25, 0.3) is 0 Å². The maximum Gasteiger partial charge on any atom is 0.235 e. The molecule has 0 unspecified atom stereocenters. The van der Waals surface area contributed by atoms with Crippen molar-refractivity contribution >= 4 is 40.9 Å². The molecule has 94 valence electrons. The topological polar surface area (TPSA) is 104 Å². The summed E-state index contributed by atoms with van der Waals surface area (Å²) >= 11 is 1.08. The first-order chi connectivity index (χ1) is 8.60. The number of carbonyl (C=O) groups is 2. The lowest BCUT2D eigenvalue weighted by Gasteiger charge is -2.11. The van der Waals surface area contributed by atoms with Crippen LogP contribution >= 0.6 is 11.8 Å². The highest BCUT2D eigenvalue weighted by atomic mass is 32.2. The van der Waals surface area contributed by atoms with Crippen LogP contribution in [0, 0.1) is 0 Å². The van der Waals surface area contributed by atoms with Crippen LogP contribution < -0.4 is 10.6 Å². The third-order valence-electron chi connectivity index (χ3n) is 2.11. The van der Waals surface area contributed by atoms with Crippen molar-refractivity contribution in [2.45, 2.75) is 11.8 Å². The van der Waals surface area contributed by atoms with E-state index in [9.17, 15) is 9.59 Å². The Morgan fingerprint density at radius 3 is 3.00 bits per heavy atom. The minimum Gasteiger partial charge on any atom is -0.385 e. The molecular weight excluding hydrogens is 254 g/mol. The molecule has 0 aromatic carbocycles. The maximum atomic E-state index is 11.1. The maximum absolute atomic E-state index is 11.1. The van der Waals surface area contributed by atoms with Crippen molar-refractivity contribution < 1.29 is 9.59 Å². The van der Waals surface area contributed by atoms with E-state index < -0.39 is 0 Å². The molecule has 0 bridgehead atoms. The van der Waals surface area contributed by atoms with Crippen LogP contribution in [0.15, 0.2) is 27.1 Å². The van der Waals surface area contributed by atoms with Crippen molar-refractivity contribution in [2.24, 2.45) is 15.7 Å². The van der Waals surface area contributed by atoms with E-state index in [1.54, 1.807) is 12.3 Å². The number of thioether (sulfide) groups is 1. The SMILES string of the molecule is CC(=O)Sc1c[nH]c(N(C=O)C2=NCC(N)=N2)c1. The van der Waals surface area contributed by atoms with E-state index in [1.807, 2.05) is 0 Å². The molecule has 0 atom stereocenters. The van der Waals surface area contributed by atoms with Gasteiger partial charge in [-0.3, -0.25) is 9.59 Å². The van der Waals surface area contributed by atoms with Crippen LogP contribution in [-0.2, 0) is 9.59 Å². The van der Waals surface area contributed by atoms with Crippen LogP contribution in [0.3, 0.4) is 0 Å². The summed E-state index contributed by atoms with van der Waals surface area (Å²) in [6, 6.07) is 1.67. The van der Waals surface area contributed by atoms with Crippen molar-refractivity contribution in [3.05, 3.63) is 12.3 Å². The summed E-state index contributed by atoms with van der Waals surface area (Å²) in [7, 11) is 0. The summed E-state index contributed by atoms with van der Waals surface area (Å²) in [6.45, 7) is 1.76. The van der Waals surface area contributed by atoms with Gasteiger partial charge >= 0.3 is 0 Å². The molecule has 0 aliphatic carbocycles. The number of carbonyl (C=O) groups excluding carboxylic acids is 2. The van der Waals surface area contributed by atoms with Gasteiger partial charge in [-0.05, 0) is 6.07 Å². The summed E-state index contributed by atoms with van der Waals surface area (Å²) in [6.07, 6.45) is 2.23. The molecule has 1 amide bonds. The molecule has 18 heavy (non-hydrogen) atoms. The summed E-state index contributed by atoms with van der Waals surface area (Å²) in [4.78, 5) is 34.9. The summed E-state index contributed by atoms with van der Waals surface area (Å²) in [5, 5.41) is -0.0290. The minimum absolute atomic E-state index is 0.0290. The molecule has 0 saturated heterocycles. The van der Waals surface area contributed by atoms with Gasteiger partial charge in [0.1, 0.15) is 18.2 Å². The number of hydrogen-bond donors (Lipinski definition) is 2. The Balaban J connectivity index is 2.21. The number of aromatic nitrogens is 1. The first-order valence-corrected chi connectivity index (χ1v) is 5.90. The van der Waals surface area contributed by atoms with Crippen LogP contribution in [-0.4, -0.2) is 34.8 Å². The predicted molar refractivity (Wildman–Crippen MR) is 69.8 cm³/mol. The van der Waals surface area contributed by atoms with Crippen LogP contribution in [0.2, 0.25) is 0 Å². The van der Waals surface area contributed by atoms with E-state index in [-0.39, 0.29) is 17.6 Å². The lowest BCUT2D eigenvalue weighted by Crippen LogP contribution is -2.27. The molecule has 7 nitrogen and oxygen atoms in total. The van der Waals surface area contributed by atoms with Crippen molar-refractivity contribution in [3.8, 4) is 0 Å². The standard InChI is InChI=1S/C10H11N5O2S/c1-6(17)18-7-2-9(12-3-7)15(5-16)10-13-4-8(11)14-10/h2-3,5,12H,4H2,1H3,(H2,11,13,14). The number of nitrogens with two attached hydrogens (primary N) is 1. The van der Waals surface area contributed by atoms with Crippen molar-refractivity contribution in [1.82, 2.24) is 4.98 Å². The highest BCUT2D eigenvalue weighted by Crippen LogP contribution is 2.24. The van der Waals surface area contributed by atoms with Gasteiger partial charge in [-0.25, -0.2) is 9.89 Å². The van der Waals surface area contributed by atoms with Gasteiger partial charge in [0.15, 0.2) is 5.12 Å². The average Bonchev–Trinajstić information content (AvgIpc) is 2.89. The Morgan fingerprint density at radius 1 is 1.67 bits per heavy atom. The molecule has 1 aliphatic heterocycles. The zero-order valence-corrected chi connectivity index (χ0v) is 10.4. The first kappa shape index (κ1) is 12.4. The fourth-order valence-electron chi connectivity index (χ4n) is 1.42. The molecule has 1 aromatic rings. The van der Waals surface area contributed by atoms with Crippen molar-refractivity contribution in [3.63, 3.8) is 0 Å². The number of H-pyrrole nitrogens is 1. The Kier molecular flexibility index (Phi) is 3.47. The van der Waals surface area contributed by atoms with Gasteiger partial charge < -0.3 is 10.7 Å². The van der Waals surface area contributed by atoms with E-state index in [0.29, 0.717) is 18.1 Å². The highest BCUT2D eigenvalue weighted by Gasteiger charge is 2.18. The van der Waals surface area contributed by atoms with E-state index in [1.165, 1.54) is 11.8 Å². The first-order valence-electron chi connectivity index (χ1n) is 5.09. The quantitative estimate of drug-likeness (QED) is 0.607. The largest absolute Gasteiger partial charge is 0.385 e. The number of nitrogens with zero attached hydrogens (tertiary/aromatic N) is 3. The second kappa shape index (κ2) is 5.05. The highest BCUT2D eigenvalue weighted by molar-refractivity contribution is 8.13. The van der Waals surface area contributed by atoms with Gasteiger partial charge in [0, 0.05) is 18.0 Å². The third-order valence-corrected chi connectivity index (χ3v) is 2.87. The second-order valence-corrected chi connectivity index (χ2v) is 4.76. The third kappa shape index (κ3) is 2.59. The Morgan fingerprint density at radius 2 is 2.44 bits per heavy atom. The van der Waals surface area contributed by atoms with Crippen LogP contribution in [0.25, 0.3) is 0 Å². The Hall–Kier alpha value is -2.09. The van der Waals surface area contributed by atoms with Gasteiger partial charge in [-0.15, -0.1) is 0 Å². The predicted octanol–water partition coefficient (Wildman–Crippen LogP) is 0.343. The normalized spacial score (nSPS) is 14.1. The second-order valence-electron chi connectivity index (χ2n) is 3.51. The molecule has 0 saturated carbocycles. The van der Waals surface area contributed by atoms with Crippen LogP contribution in [0.5, 0.6) is 0 Å². The van der Waals surface area contributed by atoms with Gasteiger partial charge in [0.05, 0.1) is 0 Å². The van der Waals surface area contributed by atoms with E-state index >= 15 is 0 Å². The molecule has 1 aromatic heterocycles. The molecule has 0 spiro atoms. The van der Waals surface area contributed by atoms with Gasteiger partial charge in [-0.1, -0.05) is 11.8 Å². The molecule has 2 rings (SSSR count). The lowest BCUT2D eigenvalue weighted by molar-refractivity contribution is -0.109. The zero-order chi connectivity index (χ0) is 13.1. The van der Waals surface area contributed by atoms with Gasteiger partial charge in [-0.2, -0.15) is 4.99 Å². The number of aromatic amines is 1. The molecule has 0 fully saturated rings. The van der Waals surface area contributed by atoms with E-state index in [4.69, 9.17) is 5.73 Å². The van der Waals surface area contributed by atoms with Crippen molar-refractivity contribution in [2.75, 3.05) is 11.4 Å². The Labute approximate surface area is 107 Å². The zero-order valence-electron chi connectivity index (χ0n) is 9.58. The van der Waals surface area contributed by atoms with Crippen LogP contribution in [0.4, 0.5) is 5.82 Å². The number of aliphatic imine (C=N–C) groups is 2. The van der Waals surface area contributed by atoms with Crippen molar-refractivity contribution in [1.29, 1.82) is 0 Å². The number of rotatable bonds is 3. The summed E-state index contributed by atoms with van der Waals surface area (Å²) in [5.74, 6) is 1.09. The average molecular weight is 265 g/mol. The Bertz CT molecular complexity index is 548. The fraction of sp³-hybridized carbons (Fsp3) is 0.200. The van der Waals surface area contributed by atoms with Crippen LogP contribution in [0.1, 0.15) is 6.92 Å². The molecule has 8 heteroatoms. The monoisotopic (exact) mass is 265 g/mol. The number of guanidine groups is 1. The lowest BCUT2D eigenvalue weighted by atomic mass is 10.5.